The number of rotatable bonds is 6. The number of fused-ring (bicyclic) bond motifs is 3. The van der Waals surface area contributed by atoms with Crippen LogP contribution in [-0.2, 0) is 16.2 Å². The Kier molecular flexibility index (Phi) is 5.51. The van der Waals surface area contributed by atoms with E-state index in [0.29, 0.717) is 31.6 Å². The molecule has 3 fully saturated rings. The maximum Gasteiger partial charge on any atom is 0.254 e. The first-order chi connectivity index (χ1) is 16.8. The Labute approximate surface area is 221 Å². The lowest BCUT2D eigenvalue weighted by atomic mass is 9.85. The van der Waals surface area contributed by atoms with Crippen LogP contribution in [0.3, 0.4) is 0 Å². The van der Waals surface area contributed by atoms with Crippen molar-refractivity contribution in [1.29, 1.82) is 0 Å². The molecule has 1 spiro atoms. The number of ether oxygens (including phenoxy) is 2. The number of halogens is 3. The van der Waals surface area contributed by atoms with Gasteiger partial charge in [-0.25, -0.2) is 0 Å². The minimum Gasteiger partial charge on any atom is -0.493 e. The van der Waals surface area contributed by atoms with E-state index in [9.17, 15) is 9.59 Å². The van der Waals surface area contributed by atoms with Crippen LogP contribution in [0.25, 0.3) is 0 Å². The fourth-order valence-electron chi connectivity index (χ4n) is 6.04. The number of carbonyl (C=O) groups excluding carboxylic acids is 2. The number of allylic oxidation sites excluding steroid dienone is 2. The van der Waals surface area contributed by atoms with Gasteiger partial charge < -0.3 is 9.47 Å². The van der Waals surface area contributed by atoms with Gasteiger partial charge in [0, 0.05) is 15.6 Å². The molecule has 180 valence electrons. The molecular formula is C26H21BrCl2N2O4. The van der Waals surface area contributed by atoms with Crippen LogP contribution >= 0.6 is 39.1 Å². The van der Waals surface area contributed by atoms with Crippen molar-refractivity contribution in [1.82, 2.24) is 5.01 Å². The van der Waals surface area contributed by atoms with E-state index in [4.69, 9.17) is 32.7 Å². The number of carbonyl (C=O) groups is 2. The second-order valence-electron chi connectivity index (χ2n) is 9.51. The van der Waals surface area contributed by atoms with Gasteiger partial charge in [0.2, 0.25) is 0 Å². The molecule has 2 aromatic carbocycles. The summed E-state index contributed by atoms with van der Waals surface area (Å²) in [7, 11) is 1.54. The van der Waals surface area contributed by atoms with Gasteiger partial charge in [0.05, 0.1) is 29.6 Å². The van der Waals surface area contributed by atoms with Gasteiger partial charge in [0.15, 0.2) is 11.5 Å². The van der Waals surface area contributed by atoms with E-state index in [1.54, 1.807) is 30.3 Å². The first-order valence-corrected chi connectivity index (χ1v) is 12.9. The summed E-state index contributed by atoms with van der Waals surface area (Å²) in [5.74, 6) is 0.400. The molecule has 1 aliphatic heterocycles. The number of benzene rings is 2. The summed E-state index contributed by atoms with van der Waals surface area (Å²) in [6, 6.07) is 8.75. The largest absolute Gasteiger partial charge is 0.493 e. The SMILES string of the molecule is COc1cc(/C=N\N2C(=O)[C@@H]3[C@H](C2=O)[C@H]2C=C[C@H]3C23CC3)cc(Br)c1OCc1ccc(Cl)cc1Cl. The third kappa shape index (κ3) is 3.54. The quantitative estimate of drug-likeness (QED) is 0.245. The van der Waals surface area contributed by atoms with Crippen LogP contribution in [0, 0.1) is 29.1 Å². The molecule has 9 heteroatoms. The van der Waals surface area contributed by atoms with Crippen molar-refractivity contribution in [2.75, 3.05) is 7.11 Å². The topological polar surface area (TPSA) is 68.2 Å². The van der Waals surface area contributed by atoms with Crippen molar-refractivity contribution >= 4 is 57.2 Å². The Hall–Kier alpha value is -2.35. The van der Waals surface area contributed by atoms with Gasteiger partial charge in [0.1, 0.15) is 6.61 Å². The molecule has 0 radical (unpaired) electrons. The van der Waals surface area contributed by atoms with Crippen LogP contribution in [0.5, 0.6) is 11.5 Å². The van der Waals surface area contributed by atoms with E-state index < -0.39 is 0 Å². The molecule has 35 heavy (non-hydrogen) atoms. The lowest BCUT2D eigenvalue weighted by Gasteiger charge is -2.18. The molecule has 3 aliphatic carbocycles. The zero-order valence-corrected chi connectivity index (χ0v) is 21.8. The number of hydrogen-bond acceptors (Lipinski definition) is 5. The Bertz CT molecular complexity index is 1290. The number of imide groups is 1. The molecule has 0 N–H and O–H groups in total. The van der Waals surface area contributed by atoms with Crippen molar-refractivity contribution in [3.05, 3.63) is 68.1 Å². The molecule has 2 saturated carbocycles. The molecule has 1 saturated heterocycles. The second-order valence-corrected chi connectivity index (χ2v) is 11.2. The Morgan fingerprint density at radius 2 is 1.80 bits per heavy atom. The van der Waals surface area contributed by atoms with Gasteiger partial charge in [-0.05, 0) is 75.9 Å². The highest BCUT2D eigenvalue weighted by Crippen LogP contribution is 2.73. The summed E-state index contributed by atoms with van der Waals surface area (Å²) in [5, 5.41) is 6.42. The highest BCUT2D eigenvalue weighted by molar-refractivity contribution is 9.10. The smallest absolute Gasteiger partial charge is 0.254 e. The average Bonchev–Trinajstić information content (AvgIpc) is 3.43. The van der Waals surface area contributed by atoms with E-state index in [1.807, 2.05) is 0 Å². The van der Waals surface area contributed by atoms with Gasteiger partial charge in [-0.15, -0.1) is 0 Å². The van der Waals surface area contributed by atoms with E-state index in [-0.39, 0.29) is 47.5 Å². The molecular weight excluding hydrogens is 555 g/mol. The molecule has 4 aliphatic rings. The van der Waals surface area contributed by atoms with Crippen LogP contribution in [0.4, 0.5) is 0 Å². The van der Waals surface area contributed by atoms with Crippen molar-refractivity contribution < 1.29 is 19.1 Å². The van der Waals surface area contributed by atoms with Gasteiger partial charge in [-0.2, -0.15) is 10.1 Å². The normalized spacial score (nSPS) is 27.4. The lowest BCUT2D eigenvalue weighted by molar-refractivity contribution is -0.141. The van der Waals surface area contributed by atoms with E-state index >= 15 is 0 Å². The standard InChI is InChI=1S/C26H21BrCl2N2O4/c1-34-20-9-13(8-18(27)23(20)35-12-14-2-3-15(28)10-19(14)29)11-30-31-24(32)21-16-4-5-17(22(21)25(31)33)26(16)6-7-26/h2-5,8-11,16-17,21-22H,6-7,12H2,1H3/b30-11-/t16-,17-,21-,22+/m1/s1. The van der Waals surface area contributed by atoms with Crippen LogP contribution < -0.4 is 9.47 Å². The molecule has 2 aromatic rings. The average molecular weight is 576 g/mol. The highest BCUT2D eigenvalue weighted by Gasteiger charge is 2.73. The van der Waals surface area contributed by atoms with Crippen LogP contribution in [0.1, 0.15) is 24.0 Å². The van der Waals surface area contributed by atoms with Gasteiger partial charge in [-0.1, -0.05) is 41.4 Å². The number of nitrogens with zero attached hydrogens (tertiary/aromatic N) is 2. The summed E-state index contributed by atoms with van der Waals surface area (Å²) >= 11 is 15.7. The zero-order chi connectivity index (χ0) is 24.5. The number of hydrazone groups is 1. The Balaban J connectivity index is 1.20. The first kappa shape index (κ1) is 23.1. The minimum absolute atomic E-state index is 0.167. The van der Waals surface area contributed by atoms with Crippen LogP contribution in [0.2, 0.25) is 10.0 Å². The summed E-state index contributed by atoms with van der Waals surface area (Å²) < 4.78 is 12.1. The Morgan fingerprint density at radius 1 is 1.11 bits per heavy atom. The lowest BCUT2D eigenvalue weighted by Crippen LogP contribution is -2.30. The fourth-order valence-corrected chi connectivity index (χ4v) is 7.08. The van der Waals surface area contributed by atoms with Crippen LogP contribution in [-0.4, -0.2) is 30.1 Å². The van der Waals surface area contributed by atoms with Crippen molar-refractivity contribution in [2.24, 2.45) is 34.2 Å². The van der Waals surface area contributed by atoms with Gasteiger partial charge in [-0.3, -0.25) is 9.59 Å². The van der Waals surface area contributed by atoms with Gasteiger partial charge in [0.25, 0.3) is 11.8 Å². The highest BCUT2D eigenvalue weighted by atomic mass is 79.9. The summed E-state index contributed by atoms with van der Waals surface area (Å²) in [5.41, 5.74) is 1.60. The zero-order valence-electron chi connectivity index (χ0n) is 18.7. The van der Waals surface area contributed by atoms with E-state index in [2.05, 4.69) is 33.2 Å². The maximum absolute atomic E-state index is 13.1. The molecule has 6 nitrogen and oxygen atoms in total. The van der Waals surface area contributed by atoms with Crippen molar-refractivity contribution in [2.45, 2.75) is 19.4 Å². The number of methoxy groups -OCH3 is 1. The molecule has 2 amide bonds. The monoisotopic (exact) mass is 574 g/mol. The van der Waals surface area contributed by atoms with Crippen LogP contribution in [0.15, 0.2) is 52.1 Å². The van der Waals surface area contributed by atoms with E-state index in [1.165, 1.54) is 13.3 Å². The van der Waals surface area contributed by atoms with E-state index in [0.717, 1.165) is 23.4 Å². The molecule has 6 rings (SSSR count). The first-order valence-electron chi connectivity index (χ1n) is 11.4. The maximum atomic E-state index is 13.1. The molecule has 0 unspecified atom stereocenters. The summed E-state index contributed by atoms with van der Waals surface area (Å²) in [6.45, 7) is 0.218. The Morgan fingerprint density at radius 3 is 2.40 bits per heavy atom. The third-order valence-electron chi connectivity index (χ3n) is 7.79. The number of amides is 2. The molecule has 1 heterocycles. The predicted molar refractivity (Wildman–Crippen MR) is 136 cm³/mol. The van der Waals surface area contributed by atoms with Crippen molar-refractivity contribution in [3.63, 3.8) is 0 Å². The van der Waals surface area contributed by atoms with Gasteiger partial charge >= 0.3 is 0 Å². The number of hydrogen-bond donors (Lipinski definition) is 0. The van der Waals surface area contributed by atoms with Crippen molar-refractivity contribution in [3.8, 4) is 11.5 Å². The fraction of sp³-hybridized carbons (Fsp3) is 0.346. The second kappa shape index (κ2) is 8.36. The molecule has 0 aromatic heterocycles. The molecule has 4 atom stereocenters. The minimum atomic E-state index is -0.270. The summed E-state index contributed by atoms with van der Waals surface area (Å²) in [6.07, 6.45) is 8.02. The predicted octanol–water partition coefficient (Wildman–Crippen LogP) is 5.87. The molecule has 2 bridgehead atoms. The third-order valence-corrected chi connectivity index (χ3v) is 8.97. The summed E-state index contributed by atoms with van der Waals surface area (Å²) in [4.78, 5) is 26.2.